The lowest BCUT2D eigenvalue weighted by Crippen LogP contribution is -2.30. The molecule has 0 radical (unpaired) electrons. The molecule has 0 aromatic heterocycles. The third kappa shape index (κ3) is 4.97. The Bertz CT molecular complexity index is 343. The van der Waals surface area contributed by atoms with E-state index in [4.69, 9.17) is 16.3 Å². The predicted molar refractivity (Wildman–Crippen MR) is 78.2 cm³/mol. The van der Waals surface area contributed by atoms with Crippen LogP contribution in [-0.2, 0) is 11.2 Å². The fraction of sp³-hybridized carbons (Fsp3) is 0.600. The molecule has 3 heteroatoms. The molecule has 0 aliphatic rings. The first kappa shape index (κ1) is 15.5. The van der Waals surface area contributed by atoms with Crippen LogP contribution in [0.3, 0.4) is 0 Å². The topological polar surface area (TPSA) is 21.3 Å². The van der Waals surface area contributed by atoms with Crippen LogP contribution in [-0.4, -0.2) is 26.8 Å². The molecular formula is C15H24ClNO. The molecule has 18 heavy (non-hydrogen) atoms. The molecule has 0 amide bonds. The van der Waals surface area contributed by atoms with E-state index >= 15 is 0 Å². The van der Waals surface area contributed by atoms with Crippen LogP contribution in [0.5, 0.6) is 0 Å². The van der Waals surface area contributed by atoms with Crippen LogP contribution in [0.1, 0.15) is 19.4 Å². The second-order valence-corrected chi connectivity index (χ2v) is 5.20. The standard InChI is InChI=1S/C15H24ClNO/c1-4-17-10-14(12(2)11-18-3)9-13-7-5-6-8-15(13)16/h5-8,12,14,17H,4,9-11H2,1-3H3. The molecule has 2 atom stereocenters. The third-order valence-corrected chi connectivity index (χ3v) is 3.70. The van der Waals surface area contributed by atoms with Gasteiger partial charge in [-0.05, 0) is 43.0 Å². The summed E-state index contributed by atoms with van der Waals surface area (Å²) in [6.07, 6.45) is 0.997. The van der Waals surface area contributed by atoms with Gasteiger partial charge in [-0.25, -0.2) is 0 Å². The van der Waals surface area contributed by atoms with Crippen molar-refractivity contribution in [1.29, 1.82) is 0 Å². The van der Waals surface area contributed by atoms with Crippen molar-refractivity contribution in [1.82, 2.24) is 5.32 Å². The zero-order chi connectivity index (χ0) is 13.4. The Morgan fingerprint density at radius 1 is 1.33 bits per heavy atom. The average Bonchev–Trinajstić information content (AvgIpc) is 2.36. The van der Waals surface area contributed by atoms with Gasteiger partial charge in [0.1, 0.15) is 0 Å². The number of hydrogen-bond acceptors (Lipinski definition) is 2. The van der Waals surface area contributed by atoms with Crippen molar-refractivity contribution in [3.8, 4) is 0 Å². The summed E-state index contributed by atoms with van der Waals surface area (Å²) in [7, 11) is 1.76. The predicted octanol–water partition coefficient (Wildman–Crippen LogP) is 3.39. The van der Waals surface area contributed by atoms with Crippen LogP contribution in [0.25, 0.3) is 0 Å². The molecule has 1 rings (SSSR count). The van der Waals surface area contributed by atoms with Crippen LogP contribution < -0.4 is 5.32 Å². The highest BCUT2D eigenvalue weighted by molar-refractivity contribution is 6.31. The smallest absolute Gasteiger partial charge is 0.0491 e. The Morgan fingerprint density at radius 2 is 2.06 bits per heavy atom. The van der Waals surface area contributed by atoms with Crippen molar-refractivity contribution in [2.45, 2.75) is 20.3 Å². The molecule has 2 unspecified atom stereocenters. The molecular weight excluding hydrogens is 246 g/mol. The summed E-state index contributed by atoms with van der Waals surface area (Å²) in [5.41, 5.74) is 1.23. The zero-order valence-corrected chi connectivity index (χ0v) is 12.3. The fourth-order valence-corrected chi connectivity index (χ4v) is 2.36. The average molecular weight is 270 g/mol. The Morgan fingerprint density at radius 3 is 2.67 bits per heavy atom. The second-order valence-electron chi connectivity index (χ2n) is 4.80. The van der Waals surface area contributed by atoms with E-state index in [1.807, 2.05) is 18.2 Å². The number of benzene rings is 1. The summed E-state index contributed by atoms with van der Waals surface area (Å²) >= 11 is 6.23. The van der Waals surface area contributed by atoms with Gasteiger partial charge in [-0.3, -0.25) is 0 Å². The Kier molecular flexibility index (Phi) is 7.33. The molecule has 1 N–H and O–H groups in total. The van der Waals surface area contributed by atoms with E-state index in [0.29, 0.717) is 11.8 Å². The first-order chi connectivity index (χ1) is 8.69. The SMILES string of the molecule is CCNCC(Cc1ccccc1Cl)C(C)COC. The van der Waals surface area contributed by atoms with Gasteiger partial charge >= 0.3 is 0 Å². The third-order valence-electron chi connectivity index (χ3n) is 3.33. The molecule has 0 saturated carbocycles. The maximum Gasteiger partial charge on any atom is 0.0491 e. The van der Waals surface area contributed by atoms with Crippen LogP contribution in [0.2, 0.25) is 5.02 Å². The summed E-state index contributed by atoms with van der Waals surface area (Å²) in [5, 5.41) is 4.29. The maximum absolute atomic E-state index is 6.23. The van der Waals surface area contributed by atoms with Crippen LogP contribution in [0.15, 0.2) is 24.3 Å². The monoisotopic (exact) mass is 269 g/mol. The summed E-state index contributed by atoms with van der Waals surface area (Å²) in [5.74, 6) is 1.06. The van der Waals surface area contributed by atoms with Gasteiger partial charge in [0.15, 0.2) is 0 Å². The van der Waals surface area contributed by atoms with E-state index in [2.05, 4.69) is 25.2 Å². The Hall–Kier alpha value is -0.570. The van der Waals surface area contributed by atoms with E-state index in [9.17, 15) is 0 Å². The molecule has 1 aromatic rings. The van der Waals surface area contributed by atoms with Gasteiger partial charge in [0.25, 0.3) is 0 Å². The largest absolute Gasteiger partial charge is 0.384 e. The molecule has 0 aliphatic heterocycles. The van der Waals surface area contributed by atoms with Gasteiger partial charge < -0.3 is 10.1 Å². The molecule has 2 nitrogen and oxygen atoms in total. The number of ether oxygens (including phenoxy) is 1. The number of rotatable bonds is 8. The number of halogens is 1. The number of nitrogens with one attached hydrogen (secondary N) is 1. The molecule has 0 spiro atoms. The Balaban J connectivity index is 2.68. The van der Waals surface area contributed by atoms with Crippen molar-refractivity contribution >= 4 is 11.6 Å². The maximum atomic E-state index is 6.23. The minimum Gasteiger partial charge on any atom is -0.384 e. The highest BCUT2D eigenvalue weighted by atomic mass is 35.5. The first-order valence-corrected chi connectivity index (χ1v) is 6.99. The van der Waals surface area contributed by atoms with E-state index in [1.54, 1.807) is 7.11 Å². The van der Waals surface area contributed by atoms with Crippen molar-refractivity contribution in [2.75, 3.05) is 26.8 Å². The van der Waals surface area contributed by atoms with E-state index in [0.717, 1.165) is 31.1 Å². The number of hydrogen-bond donors (Lipinski definition) is 1. The zero-order valence-electron chi connectivity index (χ0n) is 11.6. The molecule has 102 valence electrons. The molecule has 0 aliphatic carbocycles. The molecule has 1 aromatic carbocycles. The van der Waals surface area contributed by atoms with E-state index in [1.165, 1.54) is 5.56 Å². The molecule has 0 fully saturated rings. The van der Waals surface area contributed by atoms with Gasteiger partial charge in [0.05, 0.1) is 0 Å². The molecule has 0 saturated heterocycles. The van der Waals surface area contributed by atoms with E-state index < -0.39 is 0 Å². The first-order valence-electron chi connectivity index (χ1n) is 6.62. The van der Waals surface area contributed by atoms with Gasteiger partial charge in [-0.2, -0.15) is 0 Å². The highest BCUT2D eigenvalue weighted by Crippen LogP contribution is 2.23. The van der Waals surface area contributed by atoms with Gasteiger partial charge in [0, 0.05) is 18.7 Å². The fourth-order valence-electron chi connectivity index (χ4n) is 2.15. The van der Waals surface area contributed by atoms with E-state index in [-0.39, 0.29) is 0 Å². The van der Waals surface area contributed by atoms with Crippen molar-refractivity contribution in [2.24, 2.45) is 11.8 Å². The Labute approximate surface area is 116 Å². The molecule has 0 heterocycles. The van der Waals surface area contributed by atoms with Gasteiger partial charge in [0.2, 0.25) is 0 Å². The van der Waals surface area contributed by atoms with Crippen LogP contribution in [0.4, 0.5) is 0 Å². The normalized spacial score (nSPS) is 14.4. The second kappa shape index (κ2) is 8.52. The minimum atomic E-state index is 0.519. The van der Waals surface area contributed by atoms with Crippen LogP contribution in [0, 0.1) is 11.8 Å². The summed E-state index contributed by atoms with van der Waals surface area (Å²) in [4.78, 5) is 0. The molecule has 0 bridgehead atoms. The lowest BCUT2D eigenvalue weighted by Gasteiger charge is -2.24. The van der Waals surface area contributed by atoms with Crippen LogP contribution >= 0.6 is 11.6 Å². The summed E-state index contributed by atoms with van der Waals surface area (Å²) in [6.45, 7) is 7.17. The van der Waals surface area contributed by atoms with Gasteiger partial charge in [-0.1, -0.05) is 43.6 Å². The summed E-state index contributed by atoms with van der Waals surface area (Å²) in [6, 6.07) is 8.10. The lowest BCUT2D eigenvalue weighted by atomic mass is 9.88. The van der Waals surface area contributed by atoms with Crippen molar-refractivity contribution < 1.29 is 4.74 Å². The summed E-state index contributed by atoms with van der Waals surface area (Å²) < 4.78 is 5.27. The number of methoxy groups -OCH3 is 1. The van der Waals surface area contributed by atoms with Crippen molar-refractivity contribution in [3.05, 3.63) is 34.9 Å². The highest BCUT2D eigenvalue weighted by Gasteiger charge is 2.18. The quantitative estimate of drug-likeness (QED) is 0.781. The van der Waals surface area contributed by atoms with Crippen molar-refractivity contribution in [3.63, 3.8) is 0 Å². The lowest BCUT2D eigenvalue weighted by molar-refractivity contribution is 0.128. The minimum absolute atomic E-state index is 0.519. The van der Waals surface area contributed by atoms with Gasteiger partial charge in [-0.15, -0.1) is 0 Å².